The number of para-hydroxylation sites is 1. The van der Waals surface area contributed by atoms with E-state index in [9.17, 15) is 4.79 Å². The topological polar surface area (TPSA) is 72.9 Å². The van der Waals surface area contributed by atoms with Gasteiger partial charge in [0.1, 0.15) is 0 Å². The molecule has 1 aromatic heterocycles. The molecule has 2 aromatic rings. The summed E-state index contributed by atoms with van der Waals surface area (Å²) in [4.78, 5) is 10.7. The van der Waals surface area contributed by atoms with Gasteiger partial charge >= 0.3 is 0 Å². The molecule has 0 saturated carbocycles. The number of carbonyl (C=O) groups excluding carboxylic acids is 1. The Balaban J connectivity index is 2.01. The number of hydrogen-bond acceptors (Lipinski definition) is 3. The van der Waals surface area contributed by atoms with Crippen molar-refractivity contribution in [2.24, 2.45) is 5.73 Å². The van der Waals surface area contributed by atoms with Gasteiger partial charge in [-0.1, -0.05) is 18.2 Å². The summed E-state index contributed by atoms with van der Waals surface area (Å²) in [5.41, 5.74) is 9.56. The summed E-state index contributed by atoms with van der Waals surface area (Å²) in [6, 6.07) is 10.1. The molecule has 0 radical (unpaired) electrons. The van der Waals surface area contributed by atoms with Gasteiger partial charge in [-0.25, -0.2) is 4.68 Å². The van der Waals surface area contributed by atoms with Gasteiger partial charge in [0.2, 0.25) is 5.91 Å². The van der Waals surface area contributed by atoms with Crippen molar-refractivity contribution in [3.05, 3.63) is 47.3 Å². The van der Waals surface area contributed by atoms with Gasteiger partial charge in [0.05, 0.1) is 11.4 Å². The molecule has 0 unspecified atom stereocenters. The maximum Gasteiger partial charge on any atom is 0.217 e. The summed E-state index contributed by atoms with van der Waals surface area (Å²) in [6.07, 6.45) is 1.19. The minimum atomic E-state index is -0.249. The summed E-state index contributed by atoms with van der Waals surface area (Å²) in [6.45, 7) is 5.63. The van der Waals surface area contributed by atoms with Crippen molar-refractivity contribution in [3.8, 4) is 5.69 Å². The molecule has 1 heterocycles. The fraction of sp³-hybridized carbons (Fsp3) is 0.375. The molecule has 0 aliphatic carbocycles. The minimum Gasteiger partial charge on any atom is -0.370 e. The number of nitrogens with zero attached hydrogens (tertiary/aromatic N) is 2. The second-order valence-corrected chi connectivity index (χ2v) is 5.14. The molecule has 112 valence electrons. The highest BCUT2D eigenvalue weighted by molar-refractivity contribution is 5.73. The van der Waals surface area contributed by atoms with Crippen molar-refractivity contribution in [3.63, 3.8) is 0 Å². The predicted molar refractivity (Wildman–Crippen MR) is 83.2 cm³/mol. The molecule has 5 nitrogen and oxygen atoms in total. The van der Waals surface area contributed by atoms with Crippen LogP contribution in [0.5, 0.6) is 0 Å². The number of amides is 1. The summed E-state index contributed by atoms with van der Waals surface area (Å²) < 4.78 is 1.97. The second kappa shape index (κ2) is 7.04. The van der Waals surface area contributed by atoms with Crippen LogP contribution in [-0.4, -0.2) is 22.2 Å². The lowest BCUT2D eigenvalue weighted by molar-refractivity contribution is -0.118. The molecular formula is C16H22N4O. The first-order valence-electron chi connectivity index (χ1n) is 7.19. The van der Waals surface area contributed by atoms with E-state index < -0.39 is 0 Å². The van der Waals surface area contributed by atoms with E-state index in [0.717, 1.165) is 36.6 Å². The van der Waals surface area contributed by atoms with E-state index in [1.807, 2.05) is 41.9 Å². The Morgan fingerprint density at radius 2 is 2.00 bits per heavy atom. The van der Waals surface area contributed by atoms with Gasteiger partial charge in [-0.05, 0) is 38.9 Å². The van der Waals surface area contributed by atoms with Crippen LogP contribution in [0, 0.1) is 13.8 Å². The number of carbonyl (C=O) groups is 1. The molecule has 1 aromatic carbocycles. The third-order valence-electron chi connectivity index (χ3n) is 3.52. The van der Waals surface area contributed by atoms with Crippen LogP contribution in [0.15, 0.2) is 30.3 Å². The zero-order valence-electron chi connectivity index (χ0n) is 12.6. The molecule has 1 amide bonds. The number of primary amides is 1. The van der Waals surface area contributed by atoms with Gasteiger partial charge in [0, 0.05) is 24.2 Å². The lowest BCUT2D eigenvalue weighted by Gasteiger charge is -2.06. The first-order valence-corrected chi connectivity index (χ1v) is 7.19. The van der Waals surface area contributed by atoms with Crippen molar-refractivity contribution >= 4 is 5.91 Å². The van der Waals surface area contributed by atoms with Crippen molar-refractivity contribution < 1.29 is 4.79 Å². The fourth-order valence-corrected chi connectivity index (χ4v) is 2.35. The summed E-state index contributed by atoms with van der Waals surface area (Å²) in [7, 11) is 0. The largest absolute Gasteiger partial charge is 0.370 e. The number of nitrogens with one attached hydrogen (secondary N) is 1. The number of aryl methyl sites for hydroxylation is 1. The van der Waals surface area contributed by atoms with Crippen LogP contribution >= 0.6 is 0 Å². The third-order valence-corrected chi connectivity index (χ3v) is 3.52. The van der Waals surface area contributed by atoms with Crippen molar-refractivity contribution in [2.45, 2.75) is 33.2 Å². The molecule has 0 atom stereocenters. The Bertz CT molecular complexity index is 604. The van der Waals surface area contributed by atoms with E-state index in [4.69, 9.17) is 5.73 Å². The van der Waals surface area contributed by atoms with Crippen LogP contribution in [0.4, 0.5) is 0 Å². The highest BCUT2D eigenvalue weighted by atomic mass is 16.1. The standard InChI is InChI=1S/C16H22N4O/c1-12-15(11-18-10-6-9-16(17)21)13(2)20(19-12)14-7-4-3-5-8-14/h3-5,7-8,18H,6,9-11H2,1-2H3,(H2,17,21). The minimum absolute atomic E-state index is 0.249. The van der Waals surface area contributed by atoms with E-state index in [0.29, 0.717) is 6.42 Å². The van der Waals surface area contributed by atoms with Gasteiger partial charge in [-0.3, -0.25) is 4.79 Å². The number of aromatic nitrogens is 2. The van der Waals surface area contributed by atoms with Gasteiger partial charge in [0.25, 0.3) is 0 Å². The normalized spacial score (nSPS) is 10.8. The number of rotatable bonds is 7. The molecule has 3 N–H and O–H groups in total. The first kappa shape index (κ1) is 15.3. The summed E-state index contributed by atoms with van der Waals surface area (Å²) >= 11 is 0. The van der Waals surface area contributed by atoms with E-state index in [1.54, 1.807) is 0 Å². The molecule has 0 spiro atoms. The van der Waals surface area contributed by atoms with Crippen LogP contribution in [-0.2, 0) is 11.3 Å². The van der Waals surface area contributed by atoms with E-state index >= 15 is 0 Å². The summed E-state index contributed by atoms with van der Waals surface area (Å²) in [5, 5.41) is 7.95. The van der Waals surface area contributed by atoms with Crippen LogP contribution in [0.25, 0.3) is 5.69 Å². The first-order chi connectivity index (χ1) is 10.1. The van der Waals surface area contributed by atoms with Crippen molar-refractivity contribution in [1.82, 2.24) is 15.1 Å². The fourth-order valence-electron chi connectivity index (χ4n) is 2.35. The quantitative estimate of drug-likeness (QED) is 0.763. The highest BCUT2D eigenvalue weighted by Gasteiger charge is 2.12. The van der Waals surface area contributed by atoms with Crippen LogP contribution < -0.4 is 11.1 Å². The molecule has 0 aliphatic heterocycles. The number of hydrogen-bond donors (Lipinski definition) is 2. The third kappa shape index (κ3) is 3.92. The average molecular weight is 286 g/mol. The van der Waals surface area contributed by atoms with E-state index in [1.165, 1.54) is 5.56 Å². The molecule has 2 rings (SSSR count). The Labute approximate surface area is 125 Å². The molecule has 0 saturated heterocycles. The lowest BCUT2D eigenvalue weighted by Crippen LogP contribution is -2.18. The summed E-state index contributed by atoms with van der Waals surface area (Å²) in [5.74, 6) is -0.249. The molecule has 0 aliphatic rings. The SMILES string of the molecule is Cc1nn(-c2ccccc2)c(C)c1CNCCCC(N)=O. The Kier molecular flexibility index (Phi) is 5.11. The number of benzene rings is 1. The Morgan fingerprint density at radius 3 is 2.67 bits per heavy atom. The molecule has 0 bridgehead atoms. The van der Waals surface area contributed by atoms with Gasteiger partial charge in [0.15, 0.2) is 0 Å². The molecule has 21 heavy (non-hydrogen) atoms. The van der Waals surface area contributed by atoms with Crippen molar-refractivity contribution in [2.75, 3.05) is 6.54 Å². The van der Waals surface area contributed by atoms with Crippen molar-refractivity contribution in [1.29, 1.82) is 0 Å². The highest BCUT2D eigenvalue weighted by Crippen LogP contribution is 2.17. The zero-order valence-corrected chi connectivity index (χ0v) is 12.6. The molecular weight excluding hydrogens is 264 g/mol. The average Bonchev–Trinajstić information content (AvgIpc) is 2.75. The smallest absolute Gasteiger partial charge is 0.217 e. The van der Waals surface area contributed by atoms with Crippen LogP contribution in [0.3, 0.4) is 0 Å². The van der Waals surface area contributed by atoms with Gasteiger partial charge in [-0.15, -0.1) is 0 Å². The van der Waals surface area contributed by atoms with E-state index in [-0.39, 0.29) is 5.91 Å². The Hall–Kier alpha value is -2.14. The molecule has 0 fully saturated rings. The zero-order chi connectivity index (χ0) is 15.2. The monoisotopic (exact) mass is 286 g/mol. The second-order valence-electron chi connectivity index (χ2n) is 5.14. The van der Waals surface area contributed by atoms with Crippen LogP contribution in [0.1, 0.15) is 29.8 Å². The van der Waals surface area contributed by atoms with E-state index in [2.05, 4.69) is 17.3 Å². The lowest BCUT2D eigenvalue weighted by atomic mass is 10.2. The maximum atomic E-state index is 10.7. The van der Waals surface area contributed by atoms with Gasteiger partial charge in [-0.2, -0.15) is 5.10 Å². The number of nitrogens with two attached hydrogens (primary N) is 1. The maximum absolute atomic E-state index is 10.7. The Morgan fingerprint density at radius 1 is 1.29 bits per heavy atom. The van der Waals surface area contributed by atoms with Gasteiger partial charge < -0.3 is 11.1 Å². The van der Waals surface area contributed by atoms with Crippen LogP contribution in [0.2, 0.25) is 0 Å². The predicted octanol–water partition coefficient (Wildman–Crippen LogP) is 1.84. The molecule has 5 heteroatoms.